The summed E-state index contributed by atoms with van der Waals surface area (Å²) in [5, 5.41) is 6.81. The lowest BCUT2D eigenvalue weighted by atomic mass is 10.3. The normalized spacial score (nSPS) is 10.7. The SMILES string of the molecule is Fc1ccc(-n2c(-c3cnccn3)n[nH]c2=S)cc1Cl. The predicted octanol–water partition coefficient (Wildman–Crippen LogP) is 3.18. The van der Waals surface area contributed by atoms with E-state index in [2.05, 4.69) is 20.2 Å². The smallest absolute Gasteiger partial charge is 0.200 e. The molecule has 0 saturated heterocycles. The summed E-state index contributed by atoms with van der Waals surface area (Å²) in [6.07, 6.45) is 4.67. The van der Waals surface area contributed by atoms with Crippen molar-refractivity contribution in [2.24, 2.45) is 0 Å². The summed E-state index contributed by atoms with van der Waals surface area (Å²) in [5.41, 5.74) is 1.14. The molecular formula is C12H7ClFN5S. The summed E-state index contributed by atoms with van der Waals surface area (Å²) in [6.45, 7) is 0. The van der Waals surface area contributed by atoms with Gasteiger partial charge in [-0.1, -0.05) is 11.6 Å². The molecule has 5 nitrogen and oxygen atoms in total. The Kier molecular flexibility index (Phi) is 3.29. The maximum absolute atomic E-state index is 13.3. The Balaban J connectivity index is 2.22. The number of H-pyrrole nitrogens is 1. The van der Waals surface area contributed by atoms with Crippen LogP contribution in [0.15, 0.2) is 36.8 Å². The van der Waals surface area contributed by atoms with Crippen LogP contribution in [0.1, 0.15) is 0 Å². The summed E-state index contributed by atoms with van der Waals surface area (Å²) < 4.78 is 15.2. The van der Waals surface area contributed by atoms with Crippen LogP contribution in [0.25, 0.3) is 17.2 Å². The van der Waals surface area contributed by atoms with Gasteiger partial charge in [-0.15, -0.1) is 0 Å². The molecule has 1 N–H and O–H groups in total. The fourth-order valence-corrected chi connectivity index (χ4v) is 2.16. The van der Waals surface area contributed by atoms with Crippen molar-refractivity contribution in [1.29, 1.82) is 0 Å². The van der Waals surface area contributed by atoms with Gasteiger partial charge in [-0.2, -0.15) is 5.10 Å². The Labute approximate surface area is 123 Å². The highest BCUT2D eigenvalue weighted by molar-refractivity contribution is 7.71. The number of hydrogen-bond donors (Lipinski definition) is 1. The van der Waals surface area contributed by atoms with E-state index in [0.29, 0.717) is 22.0 Å². The number of aromatic amines is 1. The lowest BCUT2D eigenvalue weighted by Crippen LogP contribution is -1.99. The molecule has 0 radical (unpaired) electrons. The van der Waals surface area contributed by atoms with E-state index in [-0.39, 0.29) is 5.02 Å². The zero-order valence-corrected chi connectivity index (χ0v) is 11.5. The van der Waals surface area contributed by atoms with Crippen LogP contribution < -0.4 is 0 Å². The Bertz CT molecular complexity index is 814. The fourth-order valence-electron chi connectivity index (χ4n) is 1.75. The van der Waals surface area contributed by atoms with Crippen molar-refractivity contribution in [1.82, 2.24) is 24.7 Å². The van der Waals surface area contributed by atoms with E-state index in [0.717, 1.165) is 0 Å². The van der Waals surface area contributed by atoms with E-state index < -0.39 is 5.82 Å². The first kappa shape index (κ1) is 12.9. The number of nitrogens with one attached hydrogen (secondary N) is 1. The van der Waals surface area contributed by atoms with Crippen LogP contribution in [-0.4, -0.2) is 24.7 Å². The van der Waals surface area contributed by atoms with Gasteiger partial charge in [0.05, 0.1) is 16.9 Å². The average molecular weight is 308 g/mol. The summed E-state index contributed by atoms with van der Waals surface area (Å²) in [5.74, 6) is -0.0164. The third-order valence-electron chi connectivity index (χ3n) is 2.63. The van der Waals surface area contributed by atoms with Gasteiger partial charge < -0.3 is 0 Å². The monoisotopic (exact) mass is 307 g/mol. The molecule has 0 fully saturated rings. The molecule has 0 atom stereocenters. The number of rotatable bonds is 2. The van der Waals surface area contributed by atoms with E-state index in [1.165, 1.54) is 12.1 Å². The van der Waals surface area contributed by atoms with E-state index in [1.807, 2.05) is 0 Å². The van der Waals surface area contributed by atoms with Crippen LogP contribution in [0.2, 0.25) is 5.02 Å². The van der Waals surface area contributed by atoms with Crippen LogP contribution in [0.4, 0.5) is 4.39 Å². The third-order valence-corrected chi connectivity index (χ3v) is 3.19. The van der Waals surface area contributed by atoms with Gasteiger partial charge in [-0.3, -0.25) is 14.6 Å². The van der Waals surface area contributed by atoms with Crippen LogP contribution in [0.5, 0.6) is 0 Å². The van der Waals surface area contributed by atoms with Crippen molar-refractivity contribution in [2.45, 2.75) is 0 Å². The molecule has 0 amide bonds. The first-order valence-corrected chi connectivity index (χ1v) is 6.34. The van der Waals surface area contributed by atoms with Crippen LogP contribution in [-0.2, 0) is 0 Å². The van der Waals surface area contributed by atoms with Crippen molar-refractivity contribution < 1.29 is 4.39 Å². The minimum atomic E-state index is -0.494. The van der Waals surface area contributed by atoms with Crippen molar-refractivity contribution >= 4 is 23.8 Å². The van der Waals surface area contributed by atoms with Gasteiger partial charge >= 0.3 is 0 Å². The lowest BCUT2D eigenvalue weighted by Gasteiger charge is -2.06. The van der Waals surface area contributed by atoms with Crippen molar-refractivity contribution in [2.75, 3.05) is 0 Å². The molecule has 2 aromatic heterocycles. The van der Waals surface area contributed by atoms with Gasteiger partial charge in [-0.25, -0.2) is 9.37 Å². The van der Waals surface area contributed by atoms with Crippen molar-refractivity contribution in [3.8, 4) is 17.2 Å². The molecule has 0 aliphatic rings. The van der Waals surface area contributed by atoms with Gasteiger partial charge in [0, 0.05) is 12.4 Å². The molecule has 2 heterocycles. The van der Waals surface area contributed by atoms with Crippen LogP contribution in [0.3, 0.4) is 0 Å². The van der Waals surface area contributed by atoms with Crippen LogP contribution in [0, 0.1) is 10.6 Å². The van der Waals surface area contributed by atoms with E-state index >= 15 is 0 Å². The van der Waals surface area contributed by atoms with Gasteiger partial charge in [-0.05, 0) is 30.4 Å². The molecule has 0 unspecified atom stereocenters. The van der Waals surface area contributed by atoms with Gasteiger partial charge in [0.25, 0.3) is 0 Å². The molecule has 3 aromatic rings. The second kappa shape index (κ2) is 5.10. The molecule has 1 aromatic carbocycles. The molecule has 100 valence electrons. The molecule has 3 rings (SSSR count). The van der Waals surface area contributed by atoms with Gasteiger partial charge in [0.2, 0.25) is 0 Å². The second-order valence-electron chi connectivity index (χ2n) is 3.88. The standard InChI is InChI=1S/C12H7ClFN5S/c13-8-5-7(1-2-9(8)14)19-11(17-18-12(19)20)10-6-15-3-4-16-10/h1-6H,(H,18,20). The maximum atomic E-state index is 13.3. The van der Waals surface area contributed by atoms with E-state index in [4.69, 9.17) is 23.8 Å². The first-order chi connectivity index (χ1) is 9.66. The summed E-state index contributed by atoms with van der Waals surface area (Å²) in [4.78, 5) is 8.16. The lowest BCUT2D eigenvalue weighted by molar-refractivity contribution is 0.628. The van der Waals surface area contributed by atoms with Gasteiger partial charge in [0.1, 0.15) is 11.5 Å². The zero-order chi connectivity index (χ0) is 14.1. The third kappa shape index (κ3) is 2.21. The molecule has 8 heteroatoms. The Morgan fingerprint density at radius 3 is 2.85 bits per heavy atom. The fraction of sp³-hybridized carbons (Fsp3) is 0. The average Bonchev–Trinajstić information content (AvgIpc) is 2.85. The minimum absolute atomic E-state index is 0.00990. The molecule has 0 spiro atoms. The minimum Gasteiger partial charge on any atom is -0.267 e. The number of aromatic nitrogens is 5. The maximum Gasteiger partial charge on any atom is 0.200 e. The van der Waals surface area contributed by atoms with Crippen molar-refractivity contribution in [3.63, 3.8) is 0 Å². The number of hydrogen-bond acceptors (Lipinski definition) is 4. The highest BCUT2D eigenvalue weighted by Crippen LogP contribution is 2.23. The van der Waals surface area contributed by atoms with Crippen molar-refractivity contribution in [3.05, 3.63) is 52.4 Å². The predicted molar refractivity (Wildman–Crippen MR) is 74.7 cm³/mol. The molecule has 0 aliphatic carbocycles. The Hall–Kier alpha value is -2.12. The topological polar surface area (TPSA) is 59.4 Å². The van der Waals surface area contributed by atoms with Crippen LogP contribution >= 0.6 is 23.8 Å². The quantitative estimate of drug-likeness (QED) is 0.739. The summed E-state index contributed by atoms with van der Waals surface area (Å²) in [7, 11) is 0. The summed E-state index contributed by atoms with van der Waals surface area (Å²) >= 11 is 11.0. The largest absolute Gasteiger partial charge is 0.267 e. The number of benzene rings is 1. The molecule has 0 bridgehead atoms. The molecule has 0 saturated carbocycles. The first-order valence-electron chi connectivity index (χ1n) is 5.56. The molecule has 20 heavy (non-hydrogen) atoms. The van der Waals surface area contributed by atoms with E-state index in [9.17, 15) is 4.39 Å². The summed E-state index contributed by atoms with van der Waals surface area (Å²) in [6, 6.07) is 4.31. The Morgan fingerprint density at radius 2 is 2.15 bits per heavy atom. The number of halogens is 2. The molecule has 0 aliphatic heterocycles. The van der Waals surface area contributed by atoms with Gasteiger partial charge in [0.15, 0.2) is 10.6 Å². The highest BCUT2D eigenvalue weighted by atomic mass is 35.5. The number of nitrogens with zero attached hydrogens (tertiary/aromatic N) is 4. The molecular weight excluding hydrogens is 301 g/mol. The highest BCUT2D eigenvalue weighted by Gasteiger charge is 2.13. The Morgan fingerprint density at radius 1 is 1.30 bits per heavy atom. The van der Waals surface area contributed by atoms with E-state index in [1.54, 1.807) is 29.2 Å². The second-order valence-corrected chi connectivity index (χ2v) is 4.67. The zero-order valence-electron chi connectivity index (χ0n) is 9.92.